The zero-order valence-electron chi connectivity index (χ0n) is 9.45. The number of unbranched alkanes of at least 4 members (excludes halogenated alkanes) is 1. The molecule has 0 bridgehead atoms. The second kappa shape index (κ2) is 6.80. The van der Waals surface area contributed by atoms with Crippen LogP contribution in [0.5, 0.6) is 0 Å². The number of carbonyl (C=O) groups is 1. The Balaban J connectivity index is 2.01. The highest BCUT2D eigenvalue weighted by Crippen LogP contribution is 2.16. The Hall–Kier alpha value is -0.610. The first-order chi connectivity index (χ1) is 7.22. The molecule has 1 aliphatic heterocycles. The average molecular weight is 215 g/mol. The van der Waals surface area contributed by atoms with Gasteiger partial charge >= 0.3 is 5.97 Å². The van der Waals surface area contributed by atoms with Crippen molar-refractivity contribution in [3.63, 3.8) is 0 Å². The minimum Gasteiger partial charge on any atom is -0.481 e. The highest BCUT2D eigenvalue weighted by atomic mass is 16.5. The molecule has 88 valence electrons. The molecule has 1 rings (SSSR count). The fraction of sp³-hybridized carbons (Fsp3) is 0.909. The minimum absolute atomic E-state index is 0.301. The van der Waals surface area contributed by atoms with Crippen molar-refractivity contribution in [1.29, 1.82) is 0 Å². The van der Waals surface area contributed by atoms with Crippen LogP contribution in [0.1, 0.15) is 25.7 Å². The monoisotopic (exact) mass is 215 g/mol. The number of hydrogen-bond acceptors (Lipinski definition) is 3. The van der Waals surface area contributed by atoms with Crippen LogP contribution in [0, 0.1) is 5.92 Å². The lowest BCUT2D eigenvalue weighted by Gasteiger charge is -2.15. The molecule has 1 aliphatic rings. The lowest BCUT2D eigenvalue weighted by atomic mass is 10.1. The largest absolute Gasteiger partial charge is 0.481 e. The van der Waals surface area contributed by atoms with Crippen LogP contribution in [0.2, 0.25) is 0 Å². The van der Waals surface area contributed by atoms with Gasteiger partial charge in [-0.1, -0.05) is 0 Å². The summed E-state index contributed by atoms with van der Waals surface area (Å²) in [5.74, 6) is -0.0110. The summed E-state index contributed by atoms with van der Waals surface area (Å²) in [6, 6.07) is 0. The molecule has 15 heavy (non-hydrogen) atoms. The molecular weight excluding hydrogens is 194 g/mol. The van der Waals surface area contributed by atoms with Gasteiger partial charge in [-0.2, -0.15) is 0 Å². The van der Waals surface area contributed by atoms with E-state index in [9.17, 15) is 4.79 Å². The van der Waals surface area contributed by atoms with Crippen LogP contribution in [0.15, 0.2) is 0 Å². The quantitative estimate of drug-likeness (QED) is 0.648. The third-order valence-electron chi connectivity index (χ3n) is 2.89. The summed E-state index contributed by atoms with van der Waals surface area (Å²) in [5.41, 5.74) is 0. The first-order valence-corrected chi connectivity index (χ1v) is 5.65. The van der Waals surface area contributed by atoms with Gasteiger partial charge in [0.2, 0.25) is 0 Å². The predicted molar refractivity (Wildman–Crippen MR) is 57.9 cm³/mol. The number of methoxy groups -OCH3 is 1. The maximum atomic E-state index is 10.3. The van der Waals surface area contributed by atoms with Gasteiger partial charge in [-0.25, -0.2) is 0 Å². The Labute approximate surface area is 91.2 Å². The van der Waals surface area contributed by atoms with E-state index in [1.807, 2.05) is 0 Å². The molecule has 0 amide bonds. The van der Waals surface area contributed by atoms with Crippen molar-refractivity contribution in [3.8, 4) is 0 Å². The molecule has 0 spiro atoms. The van der Waals surface area contributed by atoms with Crippen LogP contribution in [-0.2, 0) is 9.53 Å². The van der Waals surface area contributed by atoms with Gasteiger partial charge in [-0.3, -0.25) is 4.79 Å². The molecular formula is C11H21NO3. The van der Waals surface area contributed by atoms with E-state index in [0.29, 0.717) is 12.3 Å². The maximum Gasteiger partial charge on any atom is 0.303 e. The van der Waals surface area contributed by atoms with Crippen LogP contribution in [0.25, 0.3) is 0 Å². The molecule has 1 saturated heterocycles. The molecule has 4 heteroatoms. The summed E-state index contributed by atoms with van der Waals surface area (Å²) in [6.07, 6.45) is 3.30. The first-order valence-electron chi connectivity index (χ1n) is 5.65. The van der Waals surface area contributed by atoms with Crippen LogP contribution in [0.3, 0.4) is 0 Å². The van der Waals surface area contributed by atoms with E-state index in [1.54, 1.807) is 7.11 Å². The number of aliphatic carboxylic acids is 1. The van der Waals surface area contributed by atoms with Crippen molar-refractivity contribution < 1.29 is 14.6 Å². The van der Waals surface area contributed by atoms with Crippen molar-refractivity contribution in [2.45, 2.75) is 25.7 Å². The average Bonchev–Trinajstić information content (AvgIpc) is 2.61. The van der Waals surface area contributed by atoms with Gasteiger partial charge in [0.05, 0.1) is 6.61 Å². The topological polar surface area (TPSA) is 49.8 Å². The number of carboxylic acid groups (broad SMARTS) is 1. The summed E-state index contributed by atoms with van der Waals surface area (Å²) >= 11 is 0. The van der Waals surface area contributed by atoms with Crippen LogP contribution >= 0.6 is 0 Å². The smallest absolute Gasteiger partial charge is 0.303 e. The highest BCUT2D eigenvalue weighted by molar-refractivity contribution is 5.66. The fourth-order valence-corrected chi connectivity index (χ4v) is 2.10. The molecule has 1 heterocycles. The zero-order chi connectivity index (χ0) is 11.1. The lowest BCUT2D eigenvalue weighted by Crippen LogP contribution is -2.23. The van der Waals surface area contributed by atoms with Crippen LogP contribution < -0.4 is 0 Å². The minimum atomic E-state index is -0.686. The van der Waals surface area contributed by atoms with E-state index in [-0.39, 0.29) is 0 Å². The summed E-state index contributed by atoms with van der Waals surface area (Å²) < 4.78 is 5.13. The molecule has 1 atom stereocenters. The van der Waals surface area contributed by atoms with E-state index >= 15 is 0 Å². The molecule has 1 fully saturated rings. The molecule has 0 radical (unpaired) electrons. The summed E-state index contributed by atoms with van der Waals surface area (Å²) in [6.45, 7) is 4.14. The maximum absolute atomic E-state index is 10.3. The zero-order valence-corrected chi connectivity index (χ0v) is 9.45. The highest BCUT2D eigenvalue weighted by Gasteiger charge is 2.21. The van der Waals surface area contributed by atoms with Gasteiger partial charge in [-0.05, 0) is 38.3 Å². The van der Waals surface area contributed by atoms with E-state index in [2.05, 4.69) is 4.90 Å². The van der Waals surface area contributed by atoms with Gasteiger partial charge in [0.25, 0.3) is 0 Å². The number of carboxylic acids is 1. The summed E-state index contributed by atoms with van der Waals surface area (Å²) in [7, 11) is 1.75. The standard InChI is InChI=1S/C11H21NO3/c1-15-9-10-5-7-12(8-10)6-3-2-4-11(13)14/h10H,2-9H2,1H3,(H,13,14). The van der Waals surface area contributed by atoms with Gasteiger partial charge in [-0.15, -0.1) is 0 Å². The van der Waals surface area contributed by atoms with Gasteiger partial charge in [0, 0.05) is 20.1 Å². The Kier molecular flexibility index (Phi) is 5.65. The van der Waals surface area contributed by atoms with E-state index in [4.69, 9.17) is 9.84 Å². The SMILES string of the molecule is COCC1CCN(CCCCC(=O)O)C1. The summed E-state index contributed by atoms with van der Waals surface area (Å²) in [5, 5.41) is 8.49. The van der Waals surface area contributed by atoms with Crippen LogP contribution in [-0.4, -0.2) is 49.3 Å². The van der Waals surface area contributed by atoms with Gasteiger partial charge < -0.3 is 14.7 Å². The Morgan fingerprint density at radius 1 is 1.53 bits per heavy atom. The van der Waals surface area contributed by atoms with Crippen molar-refractivity contribution >= 4 is 5.97 Å². The fourth-order valence-electron chi connectivity index (χ4n) is 2.10. The molecule has 0 aromatic rings. The van der Waals surface area contributed by atoms with Crippen LogP contribution in [0.4, 0.5) is 0 Å². The van der Waals surface area contributed by atoms with Crippen molar-refractivity contribution in [2.75, 3.05) is 33.4 Å². The van der Waals surface area contributed by atoms with Crippen molar-refractivity contribution in [2.24, 2.45) is 5.92 Å². The second-order valence-electron chi connectivity index (χ2n) is 4.26. The Morgan fingerprint density at radius 3 is 3.00 bits per heavy atom. The number of ether oxygens (including phenoxy) is 1. The molecule has 1 N–H and O–H groups in total. The van der Waals surface area contributed by atoms with Crippen molar-refractivity contribution in [1.82, 2.24) is 4.90 Å². The van der Waals surface area contributed by atoms with E-state index in [0.717, 1.165) is 39.1 Å². The normalized spacial score (nSPS) is 22.1. The third kappa shape index (κ3) is 5.14. The van der Waals surface area contributed by atoms with Gasteiger partial charge in [0.15, 0.2) is 0 Å². The van der Waals surface area contributed by atoms with E-state index in [1.165, 1.54) is 6.42 Å². The first kappa shape index (κ1) is 12.5. The summed E-state index contributed by atoms with van der Waals surface area (Å²) in [4.78, 5) is 12.7. The number of hydrogen-bond donors (Lipinski definition) is 1. The Morgan fingerprint density at radius 2 is 2.33 bits per heavy atom. The number of likely N-dealkylation sites (tertiary alicyclic amines) is 1. The lowest BCUT2D eigenvalue weighted by molar-refractivity contribution is -0.137. The molecule has 0 aliphatic carbocycles. The number of rotatable bonds is 7. The molecule has 0 saturated carbocycles. The predicted octanol–water partition coefficient (Wildman–Crippen LogP) is 1.21. The Bertz CT molecular complexity index is 196. The van der Waals surface area contributed by atoms with E-state index < -0.39 is 5.97 Å². The molecule has 0 aromatic heterocycles. The third-order valence-corrected chi connectivity index (χ3v) is 2.89. The molecule has 1 unspecified atom stereocenters. The van der Waals surface area contributed by atoms with Crippen molar-refractivity contribution in [3.05, 3.63) is 0 Å². The van der Waals surface area contributed by atoms with Gasteiger partial charge in [0.1, 0.15) is 0 Å². The molecule has 4 nitrogen and oxygen atoms in total. The molecule has 0 aromatic carbocycles. The number of nitrogens with zero attached hydrogens (tertiary/aromatic N) is 1. The second-order valence-corrected chi connectivity index (χ2v) is 4.26.